The summed E-state index contributed by atoms with van der Waals surface area (Å²) in [6.45, 7) is 0. The highest BCUT2D eigenvalue weighted by atomic mass is 16.6. The third kappa shape index (κ3) is 2.60. The van der Waals surface area contributed by atoms with Gasteiger partial charge in [0.25, 0.3) is 11.6 Å². The molecule has 0 bridgehead atoms. The van der Waals surface area contributed by atoms with Crippen molar-refractivity contribution in [1.82, 2.24) is 15.2 Å². The molecule has 0 aliphatic carbocycles. The maximum absolute atomic E-state index is 11.9. The van der Waals surface area contributed by atoms with E-state index in [-0.39, 0.29) is 22.9 Å². The van der Waals surface area contributed by atoms with E-state index in [1.807, 2.05) is 0 Å². The molecule has 1 heterocycles. The number of benzene rings is 1. The summed E-state index contributed by atoms with van der Waals surface area (Å²) < 4.78 is 0. The van der Waals surface area contributed by atoms with Crippen molar-refractivity contribution < 1.29 is 9.72 Å². The number of amides is 1. The highest BCUT2D eigenvalue weighted by molar-refractivity contribution is 6.08. The van der Waals surface area contributed by atoms with E-state index in [9.17, 15) is 14.9 Å². The van der Waals surface area contributed by atoms with Gasteiger partial charge in [-0.3, -0.25) is 20.2 Å². The van der Waals surface area contributed by atoms with E-state index in [2.05, 4.69) is 20.5 Å². The maximum atomic E-state index is 11.9. The fourth-order valence-electron chi connectivity index (χ4n) is 1.38. The van der Waals surface area contributed by atoms with Crippen LogP contribution in [0, 0.1) is 10.1 Å². The predicted octanol–water partition coefficient (Wildman–Crippen LogP) is 0.614. The third-order valence-corrected chi connectivity index (χ3v) is 2.23. The normalized spacial score (nSPS) is 9.89. The number of nitro benzene ring substituents is 1. The summed E-state index contributed by atoms with van der Waals surface area (Å²) >= 11 is 0. The van der Waals surface area contributed by atoms with Gasteiger partial charge in [0.15, 0.2) is 0 Å². The van der Waals surface area contributed by atoms with Crippen LogP contribution in [-0.2, 0) is 0 Å². The maximum Gasteiger partial charge on any atom is 0.292 e. The molecule has 0 spiro atoms. The molecule has 9 nitrogen and oxygen atoms in total. The minimum Gasteiger partial charge on any atom is -0.393 e. The van der Waals surface area contributed by atoms with Gasteiger partial charge in [0, 0.05) is 6.07 Å². The van der Waals surface area contributed by atoms with Crippen LogP contribution < -0.4 is 11.1 Å². The van der Waals surface area contributed by atoms with Gasteiger partial charge in [0.05, 0.1) is 22.9 Å². The predicted molar refractivity (Wildman–Crippen MR) is 65.3 cm³/mol. The molecule has 1 aromatic carbocycles. The Bertz CT molecular complexity index is 630. The lowest BCUT2D eigenvalue weighted by molar-refractivity contribution is -0.383. The fourth-order valence-corrected chi connectivity index (χ4v) is 1.38. The average Bonchev–Trinajstić information content (AvgIpc) is 2.39. The summed E-state index contributed by atoms with van der Waals surface area (Å²) in [7, 11) is 0. The molecule has 1 amide bonds. The van der Waals surface area contributed by atoms with Gasteiger partial charge in [0.2, 0.25) is 5.95 Å². The number of carbonyl (C=O) groups is 1. The Morgan fingerprint density at radius 2 is 2.16 bits per heavy atom. The molecule has 0 radical (unpaired) electrons. The minimum atomic E-state index is -0.660. The van der Waals surface area contributed by atoms with Crippen molar-refractivity contribution in [3.05, 3.63) is 46.3 Å². The van der Waals surface area contributed by atoms with E-state index in [0.29, 0.717) is 0 Å². The van der Waals surface area contributed by atoms with Gasteiger partial charge in [0.1, 0.15) is 5.69 Å². The molecule has 0 saturated heterocycles. The Hall–Kier alpha value is -3.10. The smallest absolute Gasteiger partial charge is 0.292 e. The van der Waals surface area contributed by atoms with Crippen LogP contribution in [0.1, 0.15) is 10.4 Å². The van der Waals surface area contributed by atoms with Crippen molar-refractivity contribution >= 4 is 23.2 Å². The van der Waals surface area contributed by atoms with Gasteiger partial charge in [-0.25, -0.2) is 4.98 Å². The molecule has 0 fully saturated rings. The molecule has 19 heavy (non-hydrogen) atoms. The molecule has 2 aromatic rings. The molecule has 0 aliphatic rings. The molecule has 96 valence electrons. The van der Waals surface area contributed by atoms with Gasteiger partial charge in [-0.1, -0.05) is 6.07 Å². The summed E-state index contributed by atoms with van der Waals surface area (Å²) in [5, 5.41) is 20.1. The third-order valence-electron chi connectivity index (χ3n) is 2.23. The number of anilines is 2. The molecule has 0 atom stereocenters. The molecule has 3 N–H and O–H groups in total. The molecule has 0 saturated carbocycles. The first-order valence-electron chi connectivity index (χ1n) is 5.07. The molecule has 0 aliphatic heterocycles. The minimum absolute atomic E-state index is 0.0154. The summed E-state index contributed by atoms with van der Waals surface area (Å²) in [6, 6.07) is 3.95. The Balaban J connectivity index is 2.30. The Morgan fingerprint density at radius 1 is 1.37 bits per heavy atom. The van der Waals surface area contributed by atoms with Crippen molar-refractivity contribution in [2.45, 2.75) is 0 Å². The lowest BCUT2D eigenvalue weighted by atomic mass is 10.1. The van der Waals surface area contributed by atoms with Crippen LogP contribution in [0.5, 0.6) is 0 Å². The number of nitrogen functional groups attached to an aromatic ring is 1. The first-order valence-corrected chi connectivity index (χ1v) is 5.07. The van der Waals surface area contributed by atoms with Crippen LogP contribution in [-0.4, -0.2) is 26.0 Å². The van der Waals surface area contributed by atoms with Gasteiger partial charge in [-0.05, 0) is 6.07 Å². The number of nitro groups is 1. The number of aromatic nitrogens is 3. The number of nitrogens with zero attached hydrogens (tertiary/aromatic N) is 4. The monoisotopic (exact) mass is 260 g/mol. The molecule has 0 unspecified atom stereocenters. The second kappa shape index (κ2) is 5.04. The fraction of sp³-hybridized carbons (Fsp3) is 0. The summed E-state index contributed by atoms with van der Waals surface area (Å²) in [5.74, 6) is -0.660. The van der Waals surface area contributed by atoms with E-state index >= 15 is 0 Å². The number of nitrogens with two attached hydrogens (primary N) is 1. The van der Waals surface area contributed by atoms with Crippen molar-refractivity contribution in [3.8, 4) is 0 Å². The van der Waals surface area contributed by atoms with Crippen LogP contribution in [0.25, 0.3) is 0 Å². The number of nitrogens with one attached hydrogen (secondary N) is 1. The Morgan fingerprint density at radius 3 is 2.79 bits per heavy atom. The number of carbonyl (C=O) groups excluding carboxylic acids is 1. The number of hydrogen-bond donors (Lipinski definition) is 2. The van der Waals surface area contributed by atoms with Gasteiger partial charge < -0.3 is 5.73 Å². The van der Waals surface area contributed by atoms with Crippen molar-refractivity contribution in [1.29, 1.82) is 0 Å². The van der Waals surface area contributed by atoms with Gasteiger partial charge >= 0.3 is 0 Å². The zero-order chi connectivity index (χ0) is 13.8. The van der Waals surface area contributed by atoms with Crippen molar-refractivity contribution in [3.63, 3.8) is 0 Å². The standard InChI is InChI=1S/C10H8N6O3/c11-8-6(2-1-3-7(8)16(18)19)9(17)14-10-12-4-5-13-15-10/h1-5H,11H2,(H,12,14,15,17). The quantitative estimate of drug-likeness (QED) is 0.468. The number of para-hydroxylation sites is 1. The van der Waals surface area contributed by atoms with Crippen LogP contribution in [0.3, 0.4) is 0 Å². The summed E-state index contributed by atoms with van der Waals surface area (Å²) in [6.07, 6.45) is 2.69. The van der Waals surface area contributed by atoms with E-state index in [0.717, 1.165) is 0 Å². The number of rotatable bonds is 3. The van der Waals surface area contributed by atoms with Crippen LogP contribution in [0.2, 0.25) is 0 Å². The lowest BCUT2D eigenvalue weighted by Gasteiger charge is -2.05. The van der Waals surface area contributed by atoms with Crippen molar-refractivity contribution in [2.24, 2.45) is 0 Å². The number of hydrogen-bond acceptors (Lipinski definition) is 7. The SMILES string of the molecule is Nc1c(C(=O)Nc2nccnn2)cccc1[N+](=O)[O-]. The Kier molecular flexibility index (Phi) is 3.28. The van der Waals surface area contributed by atoms with E-state index < -0.39 is 10.8 Å². The highest BCUT2D eigenvalue weighted by Crippen LogP contribution is 2.25. The zero-order valence-electron chi connectivity index (χ0n) is 9.48. The highest BCUT2D eigenvalue weighted by Gasteiger charge is 2.19. The Labute approximate surface area is 106 Å². The molecule has 1 aromatic heterocycles. The van der Waals surface area contributed by atoms with Crippen molar-refractivity contribution in [2.75, 3.05) is 11.1 Å². The van der Waals surface area contributed by atoms with E-state index in [1.165, 1.54) is 30.6 Å². The molecule has 2 rings (SSSR count). The zero-order valence-corrected chi connectivity index (χ0v) is 9.48. The summed E-state index contributed by atoms with van der Waals surface area (Å²) in [5.41, 5.74) is 5.01. The van der Waals surface area contributed by atoms with E-state index in [4.69, 9.17) is 5.73 Å². The van der Waals surface area contributed by atoms with Crippen LogP contribution >= 0.6 is 0 Å². The van der Waals surface area contributed by atoms with E-state index in [1.54, 1.807) is 0 Å². The van der Waals surface area contributed by atoms with Gasteiger partial charge in [-0.15, -0.1) is 5.10 Å². The van der Waals surface area contributed by atoms with Crippen LogP contribution in [0.4, 0.5) is 17.3 Å². The average molecular weight is 260 g/mol. The molecular formula is C10H8N6O3. The second-order valence-corrected chi connectivity index (χ2v) is 3.42. The lowest BCUT2D eigenvalue weighted by Crippen LogP contribution is -2.16. The summed E-state index contributed by atoms with van der Waals surface area (Å²) in [4.78, 5) is 25.7. The van der Waals surface area contributed by atoms with Crippen LogP contribution in [0.15, 0.2) is 30.6 Å². The molecule has 9 heteroatoms. The van der Waals surface area contributed by atoms with Gasteiger partial charge in [-0.2, -0.15) is 5.10 Å². The topological polar surface area (TPSA) is 137 Å². The largest absolute Gasteiger partial charge is 0.393 e. The first kappa shape index (κ1) is 12.4. The second-order valence-electron chi connectivity index (χ2n) is 3.42. The molecular weight excluding hydrogens is 252 g/mol. The first-order chi connectivity index (χ1) is 9.09.